The van der Waals surface area contributed by atoms with Crippen LogP contribution < -0.4 is 14.8 Å². The molecule has 0 bridgehead atoms. The van der Waals surface area contributed by atoms with Gasteiger partial charge in [-0.25, -0.2) is 0 Å². The van der Waals surface area contributed by atoms with E-state index in [0.717, 1.165) is 17.7 Å². The van der Waals surface area contributed by atoms with Crippen LogP contribution in [-0.4, -0.2) is 32.4 Å². The van der Waals surface area contributed by atoms with Crippen molar-refractivity contribution in [2.75, 3.05) is 25.6 Å². The molecule has 1 N–H and O–H groups in total. The van der Waals surface area contributed by atoms with Crippen molar-refractivity contribution in [3.8, 4) is 11.5 Å². The highest BCUT2D eigenvalue weighted by Gasteiger charge is 2.05. The fourth-order valence-corrected chi connectivity index (χ4v) is 2.25. The van der Waals surface area contributed by atoms with Gasteiger partial charge >= 0.3 is 0 Å². The van der Waals surface area contributed by atoms with Crippen molar-refractivity contribution in [2.24, 2.45) is 5.16 Å². The molecule has 0 radical (unpaired) electrons. The Morgan fingerprint density at radius 3 is 2.54 bits per heavy atom. The van der Waals surface area contributed by atoms with E-state index in [2.05, 4.69) is 17.4 Å². The summed E-state index contributed by atoms with van der Waals surface area (Å²) in [4.78, 5) is 16.9. The molecule has 0 aliphatic heterocycles. The standard InChI is InChI=1S/C20H24N2O4/c1-4-15-6-9-17(10-7-15)22-20(23)14-26-21-13-16-8-11-18(25-5-2)19(12-16)24-3/h6-13H,4-5,14H2,1-3H3,(H,22,23)/b21-13+. The molecule has 6 nitrogen and oxygen atoms in total. The maximum Gasteiger partial charge on any atom is 0.265 e. The first-order valence-electron chi connectivity index (χ1n) is 8.51. The van der Waals surface area contributed by atoms with E-state index in [9.17, 15) is 4.79 Å². The molecule has 2 rings (SSSR count). The van der Waals surface area contributed by atoms with E-state index < -0.39 is 0 Å². The number of nitrogens with zero attached hydrogens (tertiary/aromatic N) is 1. The Kier molecular flexibility index (Phi) is 7.49. The second kappa shape index (κ2) is 10.1. The van der Waals surface area contributed by atoms with Crippen molar-refractivity contribution in [1.82, 2.24) is 0 Å². The lowest BCUT2D eigenvalue weighted by atomic mass is 10.1. The van der Waals surface area contributed by atoms with Crippen molar-refractivity contribution in [1.29, 1.82) is 0 Å². The lowest BCUT2D eigenvalue weighted by Crippen LogP contribution is -2.16. The number of benzene rings is 2. The van der Waals surface area contributed by atoms with E-state index in [1.807, 2.05) is 37.3 Å². The second-order valence-corrected chi connectivity index (χ2v) is 5.45. The summed E-state index contributed by atoms with van der Waals surface area (Å²) in [6.45, 7) is 4.38. The molecule has 26 heavy (non-hydrogen) atoms. The molecule has 0 saturated heterocycles. The predicted molar refractivity (Wildman–Crippen MR) is 102 cm³/mol. The van der Waals surface area contributed by atoms with Gasteiger partial charge in [-0.3, -0.25) is 4.79 Å². The molecular weight excluding hydrogens is 332 g/mol. The zero-order chi connectivity index (χ0) is 18.8. The summed E-state index contributed by atoms with van der Waals surface area (Å²) >= 11 is 0. The zero-order valence-electron chi connectivity index (χ0n) is 15.3. The minimum atomic E-state index is -0.268. The second-order valence-electron chi connectivity index (χ2n) is 5.45. The van der Waals surface area contributed by atoms with Crippen molar-refractivity contribution >= 4 is 17.8 Å². The van der Waals surface area contributed by atoms with Crippen LogP contribution in [0.4, 0.5) is 5.69 Å². The topological polar surface area (TPSA) is 69.2 Å². The monoisotopic (exact) mass is 356 g/mol. The largest absolute Gasteiger partial charge is 0.493 e. The smallest absolute Gasteiger partial charge is 0.265 e. The summed E-state index contributed by atoms with van der Waals surface area (Å²) in [6, 6.07) is 13.1. The minimum absolute atomic E-state index is 0.166. The van der Waals surface area contributed by atoms with Gasteiger partial charge in [0.05, 0.1) is 19.9 Å². The number of hydrogen-bond acceptors (Lipinski definition) is 5. The third-order valence-electron chi connectivity index (χ3n) is 3.61. The van der Waals surface area contributed by atoms with Gasteiger partial charge < -0.3 is 19.6 Å². The fraction of sp³-hybridized carbons (Fsp3) is 0.300. The molecule has 0 aromatic heterocycles. The quantitative estimate of drug-likeness (QED) is 0.550. The number of oxime groups is 1. The van der Waals surface area contributed by atoms with Gasteiger partial charge in [-0.05, 0) is 49.2 Å². The molecule has 0 aliphatic carbocycles. The highest BCUT2D eigenvalue weighted by Crippen LogP contribution is 2.27. The van der Waals surface area contributed by atoms with Crippen LogP contribution in [0.3, 0.4) is 0 Å². The Morgan fingerprint density at radius 1 is 1.12 bits per heavy atom. The van der Waals surface area contributed by atoms with Gasteiger partial charge in [0.2, 0.25) is 0 Å². The SMILES string of the molecule is CCOc1ccc(/C=N/OCC(=O)Nc2ccc(CC)cc2)cc1OC. The van der Waals surface area contributed by atoms with Crippen molar-refractivity contribution < 1.29 is 19.1 Å². The van der Waals surface area contributed by atoms with E-state index in [0.29, 0.717) is 18.1 Å². The van der Waals surface area contributed by atoms with Gasteiger partial charge in [0, 0.05) is 11.3 Å². The molecule has 1 amide bonds. The average molecular weight is 356 g/mol. The molecule has 2 aromatic carbocycles. The Balaban J connectivity index is 1.83. The number of amides is 1. The Bertz CT molecular complexity index is 742. The number of ether oxygens (including phenoxy) is 2. The zero-order valence-corrected chi connectivity index (χ0v) is 15.3. The molecule has 0 saturated carbocycles. The van der Waals surface area contributed by atoms with Crippen molar-refractivity contribution in [2.45, 2.75) is 20.3 Å². The number of nitrogens with one attached hydrogen (secondary N) is 1. The Hall–Kier alpha value is -3.02. The maximum absolute atomic E-state index is 11.8. The number of carbonyl (C=O) groups is 1. The highest BCUT2D eigenvalue weighted by molar-refractivity contribution is 5.91. The molecule has 0 atom stereocenters. The summed E-state index contributed by atoms with van der Waals surface area (Å²) in [7, 11) is 1.58. The van der Waals surface area contributed by atoms with Crippen LogP contribution in [0.2, 0.25) is 0 Å². The number of aryl methyl sites for hydroxylation is 1. The van der Waals surface area contributed by atoms with Gasteiger partial charge in [0.15, 0.2) is 18.1 Å². The van der Waals surface area contributed by atoms with E-state index in [4.69, 9.17) is 14.3 Å². The molecule has 0 spiro atoms. The Labute approximate surface area is 153 Å². The van der Waals surface area contributed by atoms with Gasteiger partial charge in [-0.1, -0.05) is 24.2 Å². The van der Waals surface area contributed by atoms with Gasteiger partial charge in [0.1, 0.15) is 0 Å². The Morgan fingerprint density at radius 2 is 1.88 bits per heavy atom. The van der Waals surface area contributed by atoms with Gasteiger partial charge in [0.25, 0.3) is 5.91 Å². The molecule has 138 valence electrons. The van der Waals surface area contributed by atoms with Gasteiger partial charge in [-0.15, -0.1) is 0 Å². The number of methoxy groups -OCH3 is 1. The van der Waals surface area contributed by atoms with Gasteiger partial charge in [-0.2, -0.15) is 0 Å². The molecule has 6 heteroatoms. The highest BCUT2D eigenvalue weighted by atomic mass is 16.6. The molecule has 0 heterocycles. The lowest BCUT2D eigenvalue weighted by molar-refractivity contribution is -0.120. The molecule has 0 fully saturated rings. The first kappa shape index (κ1) is 19.3. The molecular formula is C20H24N2O4. The van der Waals surface area contributed by atoms with Crippen molar-refractivity contribution in [3.05, 3.63) is 53.6 Å². The van der Waals surface area contributed by atoms with Crippen LogP contribution in [-0.2, 0) is 16.1 Å². The first-order valence-corrected chi connectivity index (χ1v) is 8.51. The van der Waals surface area contributed by atoms with Crippen LogP contribution >= 0.6 is 0 Å². The normalized spacial score (nSPS) is 10.6. The summed E-state index contributed by atoms with van der Waals surface area (Å²) < 4.78 is 10.7. The van der Waals surface area contributed by atoms with E-state index >= 15 is 0 Å². The minimum Gasteiger partial charge on any atom is -0.493 e. The van der Waals surface area contributed by atoms with Crippen LogP contribution in [0, 0.1) is 0 Å². The summed E-state index contributed by atoms with van der Waals surface area (Å²) in [5.41, 5.74) is 2.73. The number of carbonyl (C=O) groups excluding carboxylic acids is 1. The number of anilines is 1. The first-order chi connectivity index (χ1) is 12.7. The van der Waals surface area contributed by atoms with E-state index in [1.165, 1.54) is 11.8 Å². The summed E-state index contributed by atoms with van der Waals surface area (Å²) in [5, 5.41) is 6.58. The average Bonchev–Trinajstić information content (AvgIpc) is 2.67. The predicted octanol–water partition coefficient (Wildman–Crippen LogP) is 3.65. The van der Waals surface area contributed by atoms with E-state index in [-0.39, 0.29) is 12.5 Å². The maximum atomic E-state index is 11.8. The summed E-state index contributed by atoms with van der Waals surface area (Å²) in [5.74, 6) is 1.02. The van der Waals surface area contributed by atoms with Crippen LogP contribution in [0.1, 0.15) is 25.0 Å². The lowest BCUT2D eigenvalue weighted by Gasteiger charge is -2.09. The molecule has 0 aliphatic rings. The third-order valence-corrected chi connectivity index (χ3v) is 3.61. The van der Waals surface area contributed by atoms with Crippen LogP contribution in [0.5, 0.6) is 11.5 Å². The third kappa shape index (κ3) is 5.81. The van der Waals surface area contributed by atoms with E-state index in [1.54, 1.807) is 19.2 Å². The van der Waals surface area contributed by atoms with Crippen molar-refractivity contribution in [3.63, 3.8) is 0 Å². The fourth-order valence-electron chi connectivity index (χ4n) is 2.25. The van der Waals surface area contributed by atoms with Crippen LogP contribution in [0.25, 0.3) is 0 Å². The number of hydrogen-bond donors (Lipinski definition) is 1. The molecule has 2 aromatic rings. The molecule has 0 unspecified atom stereocenters. The van der Waals surface area contributed by atoms with Crippen LogP contribution in [0.15, 0.2) is 47.6 Å². The summed E-state index contributed by atoms with van der Waals surface area (Å²) in [6.07, 6.45) is 2.48. The number of rotatable bonds is 9.